The van der Waals surface area contributed by atoms with Gasteiger partial charge in [-0.2, -0.15) is 0 Å². The second-order valence-electron chi connectivity index (χ2n) is 3.71. The third kappa shape index (κ3) is 1.81. The topological polar surface area (TPSA) is 40.0 Å². The van der Waals surface area contributed by atoms with Crippen LogP contribution in [0.15, 0.2) is 35.3 Å². The van der Waals surface area contributed by atoms with Gasteiger partial charge in [0.15, 0.2) is 0 Å². The Labute approximate surface area is 94.9 Å². The van der Waals surface area contributed by atoms with Crippen molar-refractivity contribution in [1.29, 1.82) is 0 Å². The summed E-state index contributed by atoms with van der Waals surface area (Å²) < 4.78 is 16.2. The minimum atomic E-state index is -0.847. The fraction of sp³-hybridized carbons (Fsp3) is 0.417. The summed E-state index contributed by atoms with van der Waals surface area (Å²) in [7, 11) is 3.16. The van der Waals surface area contributed by atoms with Crippen LogP contribution in [0.3, 0.4) is 0 Å². The molecule has 0 bridgehead atoms. The number of hydrogen-bond donors (Lipinski definition) is 0. The van der Waals surface area contributed by atoms with E-state index >= 15 is 0 Å². The Bertz CT molecular complexity index is 391. The molecule has 16 heavy (non-hydrogen) atoms. The Morgan fingerprint density at radius 1 is 1.25 bits per heavy atom. The zero-order valence-corrected chi connectivity index (χ0v) is 9.64. The molecule has 1 aromatic rings. The fourth-order valence-corrected chi connectivity index (χ4v) is 1.62. The van der Waals surface area contributed by atoms with E-state index in [-0.39, 0.29) is 0 Å². The van der Waals surface area contributed by atoms with E-state index in [2.05, 4.69) is 4.99 Å². The van der Waals surface area contributed by atoms with Gasteiger partial charge in [0.05, 0.1) is 0 Å². The second-order valence-corrected chi connectivity index (χ2v) is 3.71. The number of aliphatic imine (C=N–C) groups is 1. The van der Waals surface area contributed by atoms with Crippen LogP contribution in [0, 0.1) is 0 Å². The summed E-state index contributed by atoms with van der Waals surface area (Å²) in [4.78, 5) is 4.35. The molecule has 2 atom stereocenters. The van der Waals surface area contributed by atoms with Crippen molar-refractivity contribution in [1.82, 2.24) is 0 Å². The summed E-state index contributed by atoms with van der Waals surface area (Å²) in [6.07, 6.45) is -0.437. The van der Waals surface area contributed by atoms with E-state index in [0.717, 1.165) is 5.56 Å². The molecular formula is C12H15NO3. The van der Waals surface area contributed by atoms with Crippen molar-refractivity contribution >= 4 is 5.90 Å². The van der Waals surface area contributed by atoms with Gasteiger partial charge in [-0.05, 0) is 12.1 Å². The lowest BCUT2D eigenvalue weighted by Crippen LogP contribution is -2.40. The molecule has 4 heteroatoms. The van der Waals surface area contributed by atoms with Crippen molar-refractivity contribution in [3.63, 3.8) is 0 Å². The normalized spacial score (nSPS) is 28.7. The zero-order valence-electron chi connectivity index (χ0n) is 9.64. The maximum Gasteiger partial charge on any atom is 0.256 e. The maximum absolute atomic E-state index is 5.69. The molecule has 0 saturated heterocycles. The third-order valence-electron chi connectivity index (χ3n) is 2.63. The lowest BCUT2D eigenvalue weighted by molar-refractivity contribution is -0.207. The molecule has 1 aromatic carbocycles. The molecule has 0 radical (unpaired) electrons. The van der Waals surface area contributed by atoms with Crippen molar-refractivity contribution in [2.75, 3.05) is 14.2 Å². The number of hydrogen-bond acceptors (Lipinski definition) is 4. The molecular weight excluding hydrogens is 206 g/mol. The molecule has 1 heterocycles. The fourth-order valence-electron chi connectivity index (χ4n) is 1.62. The Balaban J connectivity index is 2.27. The van der Waals surface area contributed by atoms with Gasteiger partial charge in [-0.25, -0.2) is 4.99 Å². The lowest BCUT2D eigenvalue weighted by atomic mass is 10.2. The van der Waals surface area contributed by atoms with Crippen LogP contribution in [0.5, 0.6) is 0 Å². The molecule has 2 rings (SSSR count). The summed E-state index contributed by atoms with van der Waals surface area (Å²) in [6, 6.07) is 9.69. The zero-order chi connectivity index (χ0) is 11.6. The minimum Gasteiger partial charge on any atom is -0.440 e. The number of nitrogens with zero attached hydrogens (tertiary/aromatic N) is 1. The third-order valence-corrected chi connectivity index (χ3v) is 2.63. The quantitative estimate of drug-likeness (QED) is 0.781. The molecule has 0 saturated carbocycles. The van der Waals surface area contributed by atoms with Crippen LogP contribution in [-0.4, -0.2) is 32.1 Å². The van der Waals surface area contributed by atoms with Gasteiger partial charge in [-0.1, -0.05) is 18.2 Å². The highest BCUT2D eigenvalue weighted by Gasteiger charge is 2.43. The Morgan fingerprint density at radius 3 is 2.44 bits per heavy atom. The number of benzene rings is 1. The van der Waals surface area contributed by atoms with Gasteiger partial charge in [-0.15, -0.1) is 0 Å². The van der Waals surface area contributed by atoms with Crippen LogP contribution < -0.4 is 0 Å². The van der Waals surface area contributed by atoms with Crippen LogP contribution in [0.2, 0.25) is 0 Å². The van der Waals surface area contributed by atoms with Gasteiger partial charge in [0.2, 0.25) is 12.1 Å². The van der Waals surface area contributed by atoms with E-state index in [1.54, 1.807) is 21.1 Å². The first-order valence-corrected chi connectivity index (χ1v) is 5.10. The van der Waals surface area contributed by atoms with E-state index < -0.39 is 12.0 Å². The van der Waals surface area contributed by atoms with Crippen molar-refractivity contribution in [2.45, 2.75) is 18.9 Å². The van der Waals surface area contributed by atoms with Gasteiger partial charge >= 0.3 is 0 Å². The summed E-state index contributed by atoms with van der Waals surface area (Å²) in [5.74, 6) is -0.295. The van der Waals surface area contributed by atoms with E-state index in [1.165, 1.54) is 0 Å². The second kappa shape index (κ2) is 4.23. The van der Waals surface area contributed by atoms with E-state index in [1.807, 2.05) is 30.3 Å². The van der Waals surface area contributed by atoms with Gasteiger partial charge in [-0.3, -0.25) is 0 Å². The van der Waals surface area contributed by atoms with Crippen LogP contribution in [0.1, 0.15) is 12.5 Å². The maximum atomic E-state index is 5.69. The van der Waals surface area contributed by atoms with Gasteiger partial charge in [0.1, 0.15) is 0 Å². The molecule has 1 aliphatic heterocycles. The molecule has 0 aromatic heterocycles. The van der Waals surface area contributed by atoms with Crippen molar-refractivity contribution < 1.29 is 14.2 Å². The summed E-state index contributed by atoms with van der Waals surface area (Å²) in [5.41, 5.74) is 0.922. The largest absolute Gasteiger partial charge is 0.440 e. The molecule has 4 nitrogen and oxygen atoms in total. The highest BCUT2D eigenvalue weighted by atomic mass is 16.7. The molecule has 0 fully saturated rings. The van der Waals surface area contributed by atoms with Gasteiger partial charge in [0.25, 0.3) is 5.79 Å². The van der Waals surface area contributed by atoms with Crippen LogP contribution in [0.25, 0.3) is 0 Å². The number of methoxy groups -OCH3 is 2. The lowest BCUT2D eigenvalue weighted by Gasteiger charge is -2.26. The average Bonchev–Trinajstić information content (AvgIpc) is 2.68. The van der Waals surface area contributed by atoms with E-state index in [0.29, 0.717) is 5.90 Å². The molecule has 0 N–H and O–H groups in total. The van der Waals surface area contributed by atoms with Crippen LogP contribution >= 0.6 is 0 Å². The van der Waals surface area contributed by atoms with Gasteiger partial charge < -0.3 is 14.2 Å². The minimum absolute atomic E-state index is 0.437. The monoisotopic (exact) mass is 221 g/mol. The van der Waals surface area contributed by atoms with Crippen molar-refractivity contribution in [2.24, 2.45) is 4.99 Å². The number of rotatable bonds is 3. The Morgan fingerprint density at radius 2 is 1.94 bits per heavy atom. The smallest absolute Gasteiger partial charge is 0.256 e. The molecule has 0 spiro atoms. The standard InChI is InChI=1S/C12H15NO3/c1-12(15-3)11(14-2)13-10(16-12)9-7-5-4-6-8-9/h4-8,11H,1-3H3. The average molecular weight is 221 g/mol. The van der Waals surface area contributed by atoms with Gasteiger partial charge in [0, 0.05) is 26.7 Å². The molecule has 2 unspecified atom stereocenters. The summed E-state index contributed by atoms with van der Waals surface area (Å²) in [5, 5.41) is 0. The SMILES string of the molecule is COC1N=C(c2ccccc2)OC1(C)OC. The van der Waals surface area contributed by atoms with Crippen molar-refractivity contribution in [3.8, 4) is 0 Å². The molecule has 0 aliphatic carbocycles. The highest BCUT2D eigenvalue weighted by Crippen LogP contribution is 2.28. The molecule has 0 amide bonds. The summed E-state index contributed by atoms with van der Waals surface area (Å²) in [6.45, 7) is 1.81. The first-order valence-electron chi connectivity index (χ1n) is 5.10. The first-order chi connectivity index (χ1) is 7.69. The van der Waals surface area contributed by atoms with Crippen LogP contribution in [0.4, 0.5) is 0 Å². The first kappa shape index (κ1) is 11.1. The van der Waals surface area contributed by atoms with Crippen LogP contribution in [-0.2, 0) is 14.2 Å². The Kier molecular flexibility index (Phi) is 2.94. The highest BCUT2D eigenvalue weighted by molar-refractivity contribution is 5.95. The van der Waals surface area contributed by atoms with E-state index in [9.17, 15) is 0 Å². The predicted molar refractivity (Wildman–Crippen MR) is 60.3 cm³/mol. The predicted octanol–water partition coefficient (Wildman–Crippen LogP) is 1.80. The Hall–Kier alpha value is -1.39. The summed E-state index contributed by atoms with van der Waals surface area (Å²) >= 11 is 0. The van der Waals surface area contributed by atoms with E-state index in [4.69, 9.17) is 14.2 Å². The molecule has 86 valence electrons. The number of ether oxygens (including phenoxy) is 3. The molecule has 1 aliphatic rings. The van der Waals surface area contributed by atoms with Crippen molar-refractivity contribution in [3.05, 3.63) is 35.9 Å².